The van der Waals surface area contributed by atoms with Crippen LogP contribution in [0.2, 0.25) is 0 Å². The molecule has 0 aromatic heterocycles. The van der Waals surface area contributed by atoms with E-state index in [1.54, 1.807) is 0 Å². The van der Waals surface area contributed by atoms with E-state index in [9.17, 15) is 10.2 Å². The summed E-state index contributed by atoms with van der Waals surface area (Å²) in [6, 6.07) is 2.36. The number of rotatable bonds is 6. The predicted octanol–water partition coefficient (Wildman–Crippen LogP) is -0.160. The zero-order chi connectivity index (χ0) is 12.0. The fraction of sp³-hybridized carbons (Fsp3) is 0.400. The van der Waals surface area contributed by atoms with Crippen LogP contribution >= 0.6 is 0 Å². The molecule has 16 heavy (non-hydrogen) atoms. The maximum Gasteiger partial charge on any atom is 0.165 e. The van der Waals surface area contributed by atoms with Crippen LogP contribution in [0.25, 0.3) is 0 Å². The molecule has 0 saturated heterocycles. The van der Waals surface area contributed by atoms with E-state index in [-0.39, 0.29) is 49.4 Å². The number of aliphatic hydroxyl groups excluding tert-OH is 2. The Morgan fingerprint density at radius 3 is 1.62 bits per heavy atom. The normalized spacial score (nSPS) is 10.1. The van der Waals surface area contributed by atoms with E-state index < -0.39 is 0 Å². The van der Waals surface area contributed by atoms with E-state index in [0.717, 1.165) is 6.07 Å². The lowest BCUT2D eigenvalue weighted by atomic mass is 10.2. The molecule has 0 unspecified atom stereocenters. The third kappa shape index (κ3) is 3.18. The lowest BCUT2D eigenvalue weighted by Crippen LogP contribution is -2.04. The molecule has 4 N–H and O–H groups in total. The second-order valence-electron chi connectivity index (χ2n) is 2.93. The van der Waals surface area contributed by atoms with E-state index in [1.807, 2.05) is 0 Å². The minimum Gasteiger partial charge on any atom is -0.504 e. The number of hydrogen-bond acceptors (Lipinski definition) is 6. The van der Waals surface area contributed by atoms with Gasteiger partial charge in [0.25, 0.3) is 0 Å². The Kier molecular flexibility index (Phi) is 4.68. The van der Waals surface area contributed by atoms with Crippen LogP contribution < -0.4 is 9.47 Å². The molecular weight excluding hydrogens is 216 g/mol. The predicted molar refractivity (Wildman–Crippen MR) is 54.9 cm³/mol. The number of ether oxygens (including phenoxy) is 2. The van der Waals surface area contributed by atoms with Crippen molar-refractivity contribution in [3.63, 3.8) is 0 Å². The number of phenolic OH excluding ortho intramolecular Hbond substituents is 2. The zero-order valence-corrected chi connectivity index (χ0v) is 8.59. The molecule has 6 nitrogen and oxygen atoms in total. The van der Waals surface area contributed by atoms with Crippen molar-refractivity contribution in [3.05, 3.63) is 12.1 Å². The molecule has 0 radical (unpaired) electrons. The molecule has 1 aromatic carbocycles. The van der Waals surface area contributed by atoms with Crippen LogP contribution in [0.5, 0.6) is 23.0 Å². The molecule has 0 fully saturated rings. The van der Waals surface area contributed by atoms with Crippen molar-refractivity contribution in [3.8, 4) is 23.0 Å². The van der Waals surface area contributed by atoms with E-state index >= 15 is 0 Å². The molecule has 0 bridgehead atoms. The smallest absolute Gasteiger partial charge is 0.165 e. The second kappa shape index (κ2) is 6.04. The number of aliphatic hydroxyl groups is 2. The van der Waals surface area contributed by atoms with Gasteiger partial charge in [-0.15, -0.1) is 0 Å². The van der Waals surface area contributed by atoms with Crippen LogP contribution in [0, 0.1) is 0 Å². The van der Waals surface area contributed by atoms with Gasteiger partial charge in [-0.05, 0) is 0 Å². The molecular formula is C10H14O6. The number of aromatic hydroxyl groups is 2. The van der Waals surface area contributed by atoms with E-state index in [1.165, 1.54) is 6.07 Å². The second-order valence-corrected chi connectivity index (χ2v) is 2.93. The highest BCUT2D eigenvalue weighted by atomic mass is 16.5. The molecule has 0 aliphatic rings. The standard InChI is InChI=1S/C10H14O6/c11-1-3-15-9-6-10(16-4-2-12)8(14)5-7(9)13/h5-6,11-14H,1-4H2. The van der Waals surface area contributed by atoms with Crippen molar-refractivity contribution in [2.75, 3.05) is 26.4 Å². The van der Waals surface area contributed by atoms with Crippen LogP contribution in [0.1, 0.15) is 0 Å². The molecule has 0 spiro atoms. The maximum absolute atomic E-state index is 9.40. The Labute approximate surface area is 92.3 Å². The third-order valence-corrected chi connectivity index (χ3v) is 1.74. The van der Waals surface area contributed by atoms with Crippen molar-refractivity contribution >= 4 is 0 Å². The van der Waals surface area contributed by atoms with Crippen LogP contribution in [0.15, 0.2) is 12.1 Å². The SMILES string of the molecule is OCCOc1cc(OCCO)c(O)cc1O. The summed E-state index contributed by atoms with van der Waals surface area (Å²) in [5.41, 5.74) is 0. The first-order chi connectivity index (χ1) is 7.69. The molecule has 1 rings (SSSR count). The lowest BCUT2D eigenvalue weighted by molar-refractivity contribution is 0.189. The van der Waals surface area contributed by atoms with Gasteiger partial charge >= 0.3 is 0 Å². The number of benzene rings is 1. The molecule has 0 aliphatic heterocycles. The van der Waals surface area contributed by atoms with Crippen molar-refractivity contribution in [2.24, 2.45) is 0 Å². The number of phenols is 2. The maximum atomic E-state index is 9.40. The summed E-state index contributed by atoms with van der Waals surface area (Å²) >= 11 is 0. The Morgan fingerprint density at radius 2 is 1.25 bits per heavy atom. The summed E-state index contributed by atoms with van der Waals surface area (Å²) in [6.45, 7) is -0.324. The molecule has 0 aliphatic carbocycles. The monoisotopic (exact) mass is 230 g/mol. The quantitative estimate of drug-likeness (QED) is 0.542. The molecule has 1 aromatic rings. The summed E-state index contributed by atoms with van der Waals surface area (Å²) in [4.78, 5) is 0. The van der Waals surface area contributed by atoms with Crippen LogP contribution in [-0.2, 0) is 0 Å². The zero-order valence-electron chi connectivity index (χ0n) is 8.59. The summed E-state index contributed by atoms with van der Waals surface area (Å²) in [7, 11) is 0. The van der Waals surface area contributed by atoms with E-state index in [2.05, 4.69) is 0 Å². The highest BCUT2D eigenvalue weighted by Gasteiger charge is 2.10. The van der Waals surface area contributed by atoms with Crippen molar-refractivity contribution in [1.82, 2.24) is 0 Å². The topological polar surface area (TPSA) is 99.4 Å². The first-order valence-electron chi connectivity index (χ1n) is 4.72. The molecule has 0 atom stereocenters. The summed E-state index contributed by atoms with van der Waals surface area (Å²) in [5.74, 6) is -0.302. The van der Waals surface area contributed by atoms with Gasteiger partial charge < -0.3 is 29.9 Å². The van der Waals surface area contributed by atoms with Gasteiger partial charge in [0, 0.05) is 12.1 Å². The Bertz CT molecular complexity index is 309. The van der Waals surface area contributed by atoms with Crippen molar-refractivity contribution < 1.29 is 29.9 Å². The summed E-state index contributed by atoms with van der Waals surface area (Å²) in [5, 5.41) is 35.9. The van der Waals surface area contributed by atoms with Gasteiger partial charge in [-0.1, -0.05) is 0 Å². The largest absolute Gasteiger partial charge is 0.504 e. The minimum absolute atomic E-state index is 0.0256. The van der Waals surface area contributed by atoms with Gasteiger partial charge in [0.1, 0.15) is 13.2 Å². The average molecular weight is 230 g/mol. The molecule has 90 valence electrons. The van der Waals surface area contributed by atoms with Crippen LogP contribution in [0.3, 0.4) is 0 Å². The first-order valence-corrected chi connectivity index (χ1v) is 4.72. The van der Waals surface area contributed by atoms with Gasteiger partial charge in [0.15, 0.2) is 23.0 Å². The third-order valence-electron chi connectivity index (χ3n) is 1.74. The molecule has 6 heteroatoms. The van der Waals surface area contributed by atoms with Crippen LogP contribution in [-0.4, -0.2) is 46.9 Å². The first kappa shape index (κ1) is 12.4. The number of hydrogen-bond donors (Lipinski definition) is 4. The van der Waals surface area contributed by atoms with E-state index in [0.29, 0.717) is 0 Å². The fourth-order valence-electron chi connectivity index (χ4n) is 1.08. The Morgan fingerprint density at radius 1 is 0.812 bits per heavy atom. The van der Waals surface area contributed by atoms with Crippen molar-refractivity contribution in [2.45, 2.75) is 0 Å². The Balaban J connectivity index is 2.83. The van der Waals surface area contributed by atoms with Crippen LogP contribution in [0.4, 0.5) is 0 Å². The van der Waals surface area contributed by atoms with Gasteiger partial charge in [-0.2, -0.15) is 0 Å². The van der Waals surface area contributed by atoms with Gasteiger partial charge in [-0.25, -0.2) is 0 Å². The fourth-order valence-corrected chi connectivity index (χ4v) is 1.08. The summed E-state index contributed by atoms with van der Waals surface area (Å²) < 4.78 is 10.0. The van der Waals surface area contributed by atoms with Crippen molar-refractivity contribution in [1.29, 1.82) is 0 Å². The minimum atomic E-state index is -0.248. The highest BCUT2D eigenvalue weighted by molar-refractivity contribution is 5.52. The Hall–Kier alpha value is -1.66. The lowest BCUT2D eigenvalue weighted by Gasteiger charge is -2.11. The highest BCUT2D eigenvalue weighted by Crippen LogP contribution is 2.38. The molecule has 0 heterocycles. The van der Waals surface area contributed by atoms with E-state index in [4.69, 9.17) is 19.7 Å². The molecule has 0 saturated carbocycles. The summed E-state index contributed by atoms with van der Waals surface area (Å²) in [6.07, 6.45) is 0. The van der Waals surface area contributed by atoms with Gasteiger partial charge in [0.2, 0.25) is 0 Å². The van der Waals surface area contributed by atoms with Gasteiger partial charge in [-0.3, -0.25) is 0 Å². The molecule has 0 amide bonds. The van der Waals surface area contributed by atoms with Gasteiger partial charge in [0.05, 0.1) is 13.2 Å². The average Bonchev–Trinajstić information content (AvgIpc) is 2.26.